The van der Waals surface area contributed by atoms with E-state index in [1.807, 2.05) is 11.8 Å². The fourth-order valence-corrected chi connectivity index (χ4v) is 2.48. The quantitative estimate of drug-likeness (QED) is 0.579. The molecule has 0 spiro atoms. The maximum atomic E-state index is 5.58. The van der Waals surface area contributed by atoms with E-state index in [0.29, 0.717) is 12.0 Å². The number of nitrogens with two attached hydrogens (primary N) is 1. The third-order valence-corrected chi connectivity index (χ3v) is 3.93. The minimum absolute atomic E-state index is 0.366. The standard InChI is InChI=1S/C14H24N2S/c1-4-17-10-14(16-15)9-12-5-7-13(8-6-12)11(2)3/h5-8,11,14,16H,4,9-10,15H2,1-3H3. The van der Waals surface area contributed by atoms with Crippen LogP contribution in [0.5, 0.6) is 0 Å². The molecule has 0 aliphatic rings. The van der Waals surface area contributed by atoms with Gasteiger partial charge in [-0.05, 0) is 29.2 Å². The number of hydrogen-bond donors (Lipinski definition) is 2. The van der Waals surface area contributed by atoms with Crippen molar-refractivity contribution in [1.29, 1.82) is 0 Å². The second kappa shape index (κ2) is 7.75. The van der Waals surface area contributed by atoms with Gasteiger partial charge in [-0.25, -0.2) is 0 Å². The summed E-state index contributed by atoms with van der Waals surface area (Å²) in [6.45, 7) is 6.62. The van der Waals surface area contributed by atoms with Crippen LogP contribution in [0.15, 0.2) is 24.3 Å². The molecule has 1 aromatic rings. The van der Waals surface area contributed by atoms with Crippen LogP contribution in [-0.2, 0) is 6.42 Å². The molecule has 2 nitrogen and oxygen atoms in total. The summed E-state index contributed by atoms with van der Waals surface area (Å²) >= 11 is 1.93. The molecule has 1 unspecified atom stereocenters. The van der Waals surface area contributed by atoms with Gasteiger partial charge >= 0.3 is 0 Å². The Morgan fingerprint density at radius 1 is 1.24 bits per heavy atom. The molecule has 3 heteroatoms. The monoisotopic (exact) mass is 252 g/mol. The first-order valence-corrected chi connectivity index (χ1v) is 7.45. The van der Waals surface area contributed by atoms with Gasteiger partial charge < -0.3 is 0 Å². The van der Waals surface area contributed by atoms with Crippen LogP contribution in [0, 0.1) is 0 Å². The summed E-state index contributed by atoms with van der Waals surface area (Å²) in [4.78, 5) is 0. The van der Waals surface area contributed by atoms with Crippen molar-refractivity contribution in [3.05, 3.63) is 35.4 Å². The average molecular weight is 252 g/mol. The highest BCUT2D eigenvalue weighted by Crippen LogP contribution is 2.16. The summed E-state index contributed by atoms with van der Waals surface area (Å²) < 4.78 is 0. The molecule has 96 valence electrons. The highest BCUT2D eigenvalue weighted by molar-refractivity contribution is 7.99. The van der Waals surface area contributed by atoms with Crippen LogP contribution in [0.1, 0.15) is 37.8 Å². The maximum Gasteiger partial charge on any atom is 0.0341 e. The van der Waals surface area contributed by atoms with E-state index in [0.717, 1.165) is 17.9 Å². The predicted molar refractivity (Wildman–Crippen MR) is 78.3 cm³/mol. The summed E-state index contributed by atoms with van der Waals surface area (Å²) in [7, 11) is 0. The van der Waals surface area contributed by atoms with Crippen LogP contribution in [0.25, 0.3) is 0 Å². The summed E-state index contributed by atoms with van der Waals surface area (Å²) in [5, 5.41) is 0. The van der Waals surface area contributed by atoms with Crippen molar-refractivity contribution >= 4 is 11.8 Å². The van der Waals surface area contributed by atoms with E-state index < -0.39 is 0 Å². The number of hydrogen-bond acceptors (Lipinski definition) is 3. The van der Waals surface area contributed by atoms with E-state index >= 15 is 0 Å². The molecular weight excluding hydrogens is 228 g/mol. The summed E-state index contributed by atoms with van der Waals surface area (Å²) in [6.07, 6.45) is 1.00. The van der Waals surface area contributed by atoms with Crippen molar-refractivity contribution in [3.8, 4) is 0 Å². The Labute approximate surface area is 109 Å². The molecule has 0 radical (unpaired) electrons. The lowest BCUT2D eigenvalue weighted by molar-refractivity contribution is 0.575. The molecule has 0 aliphatic heterocycles. The zero-order chi connectivity index (χ0) is 12.7. The Balaban J connectivity index is 2.54. The lowest BCUT2D eigenvalue weighted by Crippen LogP contribution is -2.38. The topological polar surface area (TPSA) is 38.0 Å². The number of thioether (sulfide) groups is 1. The summed E-state index contributed by atoms with van der Waals surface area (Å²) in [5.41, 5.74) is 5.65. The van der Waals surface area contributed by atoms with Crippen molar-refractivity contribution in [2.24, 2.45) is 5.84 Å². The lowest BCUT2D eigenvalue weighted by atomic mass is 9.99. The second-order valence-corrected chi connectivity index (χ2v) is 5.94. The van der Waals surface area contributed by atoms with Crippen LogP contribution in [0.4, 0.5) is 0 Å². The fourth-order valence-electron chi connectivity index (χ4n) is 1.75. The van der Waals surface area contributed by atoms with E-state index in [1.165, 1.54) is 11.1 Å². The lowest BCUT2D eigenvalue weighted by Gasteiger charge is -2.15. The van der Waals surface area contributed by atoms with Gasteiger partial charge in [0.05, 0.1) is 0 Å². The first kappa shape index (κ1) is 14.6. The Morgan fingerprint density at radius 2 is 1.88 bits per heavy atom. The van der Waals surface area contributed by atoms with Crippen LogP contribution in [0.2, 0.25) is 0 Å². The molecule has 0 amide bonds. The van der Waals surface area contributed by atoms with E-state index in [2.05, 4.69) is 50.5 Å². The average Bonchev–Trinajstić information content (AvgIpc) is 2.35. The predicted octanol–water partition coefficient (Wildman–Crippen LogP) is 2.94. The normalized spacial score (nSPS) is 13.0. The van der Waals surface area contributed by atoms with Crippen molar-refractivity contribution < 1.29 is 0 Å². The molecule has 1 atom stereocenters. The largest absolute Gasteiger partial charge is 0.271 e. The Bertz CT molecular complexity index is 309. The van der Waals surface area contributed by atoms with E-state index in [9.17, 15) is 0 Å². The van der Waals surface area contributed by atoms with E-state index in [1.54, 1.807) is 0 Å². The molecule has 0 saturated carbocycles. The Hall–Kier alpha value is -0.510. The van der Waals surface area contributed by atoms with Crippen molar-refractivity contribution in [2.75, 3.05) is 11.5 Å². The molecule has 17 heavy (non-hydrogen) atoms. The van der Waals surface area contributed by atoms with Gasteiger partial charge in [-0.15, -0.1) is 0 Å². The highest BCUT2D eigenvalue weighted by atomic mass is 32.2. The van der Waals surface area contributed by atoms with Gasteiger partial charge in [0, 0.05) is 11.8 Å². The molecule has 1 aromatic carbocycles. The molecule has 0 saturated heterocycles. The van der Waals surface area contributed by atoms with Crippen molar-refractivity contribution in [1.82, 2.24) is 5.43 Å². The molecule has 0 heterocycles. The van der Waals surface area contributed by atoms with Gasteiger partial charge in [-0.3, -0.25) is 11.3 Å². The van der Waals surface area contributed by atoms with Crippen LogP contribution < -0.4 is 11.3 Å². The highest BCUT2D eigenvalue weighted by Gasteiger charge is 2.07. The third kappa shape index (κ3) is 5.11. The molecule has 3 N–H and O–H groups in total. The third-order valence-electron chi connectivity index (χ3n) is 2.89. The summed E-state index contributed by atoms with van der Waals surface area (Å²) in [6, 6.07) is 9.25. The number of benzene rings is 1. The summed E-state index contributed by atoms with van der Waals surface area (Å²) in [5.74, 6) is 8.39. The molecule has 1 rings (SSSR count). The van der Waals surface area contributed by atoms with E-state index in [-0.39, 0.29) is 0 Å². The first-order valence-electron chi connectivity index (χ1n) is 6.30. The number of rotatable bonds is 7. The zero-order valence-corrected chi connectivity index (χ0v) is 11.9. The SMILES string of the molecule is CCSCC(Cc1ccc(C(C)C)cc1)NN. The second-order valence-electron chi connectivity index (χ2n) is 4.62. The maximum absolute atomic E-state index is 5.58. The van der Waals surface area contributed by atoms with Crippen LogP contribution >= 0.6 is 11.8 Å². The number of hydrazine groups is 1. The van der Waals surface area contributed by atoms with Gasteiger partial charge in [-0.1, -0.05) is 45.0 Å². The Morgan fingerprint density at radius 3 is 2.35 bits per heavy atom. The van der Waals surface area contributed by atoms with Crippen LogP contribution in [-0.4, -0.2) is 17.5 Å². The molecule has 0 fully saturated rings. The van der Waals surface area contributed by atoms with Gasteiger partial charge in [-0.2, -0.15) is 11.8 Å². The number of nitrogens with one attached hydrogen (secondary N) is 1. The van der Waals surface area contributed by atoms with Gasteiger partial charge in [0.25, 0.3) is 0 Å². The molecule has 0 bridgehead atoms. The van der Waals surface area contributed by atoms with Gasteiger partial charge in [0.15, 0.2) is 0 Å². The van der Waals surface area contributed by atoms with Crippen molar-refractivity contribution in [3.63, 3.8) is 0 Å². The smallest absolute Gasteiger partial charge is 0.0341 e. The first-order chi connectivity index (χ1) is 8.17. The van der Waals surface area contributed by atoms with Crippen LogP contribution in [0.3, 0.4) is 0 Å². The molecule has 0 aromatic heterocycles. The van der Waals surface area contributed by atoms with Crippen molar-refractivity contribution in [2.45, 2.75) is 39.2 Å². The fraction of sp³-hybridized carbons (Fsp3) is 0.571. The van der Waals surface area contributed by atoms with E-state index in [4.69, 9.17) is 5.84 Å². The van der Waals surface area contributed by atoms with Gasteiger partial charge in [0.2, 0.25) is 0 Å². The molecular formula is C14H24N2S. The zero-order valence-electron chi connectivity index (χ0n) is 11.1. The minimum Gasteiger partial charge on any atom is -0.271 e. The Kier molecular flexibility index (Phi) is 6.63. The minimum atomic E-state index is 0.366. The molecule has 0 aliphatic carbocycles. The van der Waals surface area contributed by atoms with Gasteiger partial charge in [0.1, 0.15) is 0 Å².